The average molecular weight is 550 g/mol. The summed E-state index contributed by atoms with van der Waals surface area (Å²) < 4.78 is 11.6. The molecule has 3 rings (SSSR count). The van der Waals surface area contributed by atoms with Crippen molar-refractivity contribution in [2.75, 3.05) is 0 Å². The van der Waals surface area contributed by atoms with E-state index >= 15 is 0 Å². The highest BCUT2D eigenvalue weighted by Gasteiger charge is 2.20. The fourth-order valence-corrected chi connectivity index (χ4v) is 5.05. The van der Waals surface area contributed by atoms with Crippen LogP contribution in [0.3, 0.4) is 0 Å². The Kier molecular flexibility index (Phi) is 13.2. The standard InChI is InChI=1S/C30H45BrO4/c31-27-23-26(34-29(32)15-11-7-3-1-5-9-13-24-17-18-24)21-22-28(27)35-30(33)16-12-8-4-2-6-10-14-25-19-20-25/h21-25H,1-20H2. The van der Waals surface area contributed by atoms with E-state index in [1.165, 1.54) is 89.9 Å². The van der Waals surface area contributed by atoms with Crippen LogP contribution in [0, 0.1) is 11.8 Å². The van der Waals surface area contributed by atoms with Crippen LogP contribution < -0.4 is 9.47 Å². The van der Waals surface area contributed by atoms with E-state index in [1.807, 2.05) is 0 Å². The molecule has 2 aliphatic carbocycles. The molecule has 0 heterocycles. The highest BCUT2D eigenvalue weighted by atomic mass is 79.9. The van der Waals surface area contributed by atoms with Gasteiger partial charge in [-0.2, -0.15) is 0 Å². The summed E-state index contributed by atoms with van der Waals surface area (Å²) in [6.07, 6.45) is 23.7. The van der Waals surface area contributed by atoms with E-state index in [-0.39, 0.29) is 11.9 Å². The number of ether oxygens (including phenoxy) is 2. The van der Waals surface area contributed by atoms with E-state index in [9.17, 15) is 9.59 Å². The van der Waals surface area contributed by atoms with Crippen LogP contribution in [-0.4, -0.2) is 11.9 Å². The van der Waals surface area contributed by atoms with Gasteiger partial charge < -0.3 is 9.47 Å². The van der Waals surface area contributed by atoms with Crippen LogP contribution in [0.25, 0.3) is 0 Å². The van der Waals surface area contributed by atoms with Crippen molar-refractivity contribution < 1.29 is 19.1 Å². The smallest absolute Gasteiger partial charge is 0.311 e. The molecule has 2 saturated carbocycles. The summed E-state index contributed by atoms with van der Waals surface area (Å²) in [6, 6.07) is 5.07. The van der Waals surface area contributed by atoms with Gasteiger partial charge in [-0.05, 0) is 58.8 Å². The molecule has 0 atom stereocenters. The van der Waals surface area contributed by atoms with Gasteiger partial charge >= 0.3 is 11.9 Å². The molecule has 4 nitrogen and oxygen atoms in total. The fraction of sp³-hybridized carbons (Fsp3) is 0.733. The van der Waals surface area contributed by atoms with E-state index in [1.54, 1.807) is 18.2 Å². The second-order valence-electron chi connectivity index (χ2n) is 10.7. The van der Waals surface area contributed by atoms with Gasteiger partial charge in [0, 0.05) is 12.8 Å². The molecule has 0 saturated heterocycles. The maximum Gasteiger partial charge on any atom is 0.311 e. The van der Waals surface area contributed by atoms with Crippen molar-refractivity contribution in [1.29, 1.82) is 0 Å². The summed E-state index contributed by atoms with van der Waals surface area (Å²) >= 11 is 3.44. The van der Waals surface area contributed by atoms with Gasteiger partial charge in [0.05, 0.1) is 4.47 Å². The molecule has 0 amide bonds. The quantitative estimate of drug-likeness (QED) is 0.0924. The lowest BCUT2D eigenvalue weighted by atomic mass is 10.1. The summed E-state index contributed by atoms with van der Waals surface area (Å²) in [5, 5.41) is 0. The zero-order valence-electron chi connectivity index (χ0n) is 21.5. The zero-order valence-corrected chi connectivity index (χ0v) is 23.1. The normalized spacial score (nSPS) is 15.2. The van der Waals surface area contributed by atoms with Gasteiger partial charge in [-0.1, -0.05) is 103 Å². The zero-order chi connectivity index (χ0) is 24.7. The minimum atomic E-state index is -0.211. The van der Waals surface area contributed by atoms with Crippen molar-refractivity contribution in [1.82, 2.24) is 0 Å². The summed E-state index contributed by atoms with van der Waals surface area (Å²) in [6.45, 7) is 0. The van der Waals surface area contributed by atoms with E-state index in [2.05, 4.69) is 15.9 Å². The highest BCUT2D eigenvalue weighted by Crippen LogP contribution is 2.35. The Bertz CT molecular complexity index is 770. The first-order valence-electron chi connectivity index (χ1n) is 14.3. The van der Waals surface area contributed by atoms with Crippen LogP contribution in [0.1, 0.15) is 128 Å². The van der Waals surface area contributed by atoms with Crippen molar-refractivity contribution in [3.63, 3.8) is 0 Å². The molecule has 0 N–H and O–H groups in total. The number of unbranched alkanes of at least 4 members (excludes halogenated alkanes) is 10. The molecule has 196 valence electrons. The molecule has 0 unspecified atom stereocenters. The lowest BCUT2D eigenvalue weighted by molar-refractivity contribution is -0.135. The van der Waals surface area contributed by atoms with E-state index in [4.69, 9.17) is 9.47 Å². The van der Waals surface area contributed by atoms with Crippen LogP contribution in [0.4, 0.5) is 0 Å². The molecule has 2 fully saturated rings. The number of esters is 2. The Morgan fingerprint density at radius 1 is 0.657 bits per heavy atom. The third-order valence-corrected chi connectivity index (χ3v) is 7.86. The number of rotatable bonds is 20. The first-order valence-corrected chi connectivity index (χ1v) is 15.1. The topological polar surface area (TPSA) is 52.6 Å². The van der Waals surface area contributed by atoms with Crippen molar-refractivity contribution in [3.05, 3.63) is 22.7 Å². The number of halogens is 1. The molecule has 0 radical (unpaired) electrons. The van der Waals surface area contributed by atoms with Crippen LogP contribution in [-0.2, 0) is 9.59 Å². The number of benzene rings is 1. The minimum Gasteiger partial charge on any atom is -0.426 e. The molecule has 1 aromatic rings. The first-order chi connectivity index (χ1) is 17.1. The SMILES string of the molecule is O=C(CCCCCCCCC1CC1)Oc1ccc(OC(=O)CCCCCCCCC2CC2)c(Br)c1. The second-order valence-corrected chi connectivity index (χ2v) is 11.6. The molecule has 0 aliphatic heterocycles. The molecule has 0 spiro atoms. The lowest BCUT2D eigenvalue weighted by Gasteiger charge is -2.09. The van der Waals surface area contributed by atoms with Gasteiger partial charge in [-0.25, -0.2) is 0 Å². The summed E-state index contributed by atoms with van der Waals surface area (Å²) in [4.78, 5) is 24.3. The fourth-order valence-electron chi connectivity index (χ4n) is 4.62. The molecular formula is C30H45BrO4. The van der Waals surface area contributed by atoms with E-state index in [0.717, 1.165) is 37.5 Å². The summed E-state index contributed by atoms with van der Waals surface area (Å²) in [7, 11) is 0. The predicted molar refractivity (Wildman–Crippen MR) is 145 cm³/mol. The number of hydrogen-bond donors (Lipinski definition) is 0. The molecule has 2 aliphatic rings. The molecule has 5 heteroatoms. The molecular weight excluding hydrogens is 504 g/mol. The van der Waals surface area contributed by atoms with Crippen molar-refractivity contribution in [3.8, 4) is 11.5 Å². The second kappa shape index (κ2) is 16.4. The Hall–Kier alpha value is -1.36. The average Bonchev–Trinajstić information content (AvgIpc) is 3.75. The highest BCUT2D eigenvalue weighted by molar-refractivity contribution is 9.10. The third kappa shape index (κ3) is 13.5. The van der Waals surface area contributed by atoms with Gasteiger partial charge in [-0.3, -0.25) is 9.59 Å². The summed E-state index contributed by atoms with van der Waals surface area (Å²) in [5.41, 5.74) is 0. The van der Waals surface area contributed by atoms with E-state index < -0.39 is 0 Å². The molecule has 1 aromatic carbocycles. The lowest BCUT2D eigenvalue weighted by Crippen LogP contribution is -2.09. The van der Waals surface area contributed by atoms with Crippen LogP contribution in [0.15, 0.2) is 22.7 Å². The van der Waals surface area contributed by atoms with Crippen LogP contribution in [0.2, 0.25) is 0 Å². The monoisotopic (exact) mass is 548 g/mol. The third-order valence-electron chi connectivity index (χ3n) is 7.24. The Morgan fingerprint density at radius 3 is 1.60 bits per heavy atom. The Morgan fingerprint density at radius 2 is 1.11 bits per heavy atom. The Balaban J connectivity index is 1.19. The summed E-state index contributed by atoms with van der Waals surface area (Å²) in [5.74, 6) is 2.60. The van der Waals surface area contributed by atoms with E-state index in [0.29, 0.717) is 28.8 Å². The maximum absolute atomic E-state index is 12.2. The first kappa shape index (κ1) is 28.2. The number of hydrogen-bond acceptors (Lipinski definition) is 4. The van der Waals surface area contributed by atoms with Crippen LogP contribution >= 0.6 is 15.9 Å². The van der Waals surface area contributed by atoms with Crippen molar-refractivity contribution in [2.24, 2.45) is 11.8 Å². The van der Waals surface area contributed by atoms with Gasteiger partial charge in [0.1, 0.15) is 11.5 Å². The predicted octanol–water partition coefficient (Wildman–Crippen LogP) is 9.32. The van der Waals surface area contributed by atoms with Crippen molar-refractivity contribution >= 4 is 27.9 Å². The largest absolute Gasteiger partial charge is 0.426 e. The Labute approximate surface area is 221 Å². The van der Waals surface area contributed by atoms with Gasteiger partial charge in [0.25, 0.3) is 0 Å². The maximum atomic E-state index is 12.2. The van der Waals surface area contributed by atoms with Gasteiger partial charge in [-0.15, -0.1) is 0 Å². The minimum absolute atomic E-state index is 0.206. The number of carbonyl (C=O) groups is 2. The molecule has 0 aromatic heterocycles. The molecule has 35 heavy (non-hydrogen) atoms. The van der Waals surface area contributed by atoms with Crippen LogP contribution in [0.5, 0.6) is 11.5 Å². The van der Waals surface area contributed by atoms with Gasteiger partial charge in [0.2, 0.25) is 0 Å². The number of carbonyl (C=O) groups excluding carboxylic acids is 2. The molecule has 0 bridgehead atoms. The van der Waals surface area contributed by atoms with Crippen molar-refractivity contribution in [2.45, 2.75) is 128 Å². The van der Waals surface area contributed by atoms with Gasteiger partial charge in [0.15, 0.2) is 0 Å².